The molecule has 1 fully saturated rings. The van der Waals surface area contributed by atoms with Crippen LogP contribution in [0.4, 0.5) is 28.6 Å². The number of para-hydroxylation sites is 1. The van der Waals surface area contributed by atoms with Crippen molar-refractivity contribution in [1.29, 1.82) is 0 Å². The molecule has 1 unspecified atom stereocenters. The Morgan fingerprint density at radius 2 is 1.97 bits per heavy atom. The SMILES string of the molecule is CCN1CCN2c3ccc(Nc4cc(Nc5ccccc5C(=O)NC)c(C)cn4)cc3OCC2C1. The van der Waals surface area contributed by atoms with Crippen LogP contribution in [-0.2, 0) is 0 Å². The number of nitrogens with one attached hydrogen (secondary N) is 3. The number of piperazine rings is 1. The molecule has 5 rings (SSSR count). The summed E-state index contributed by atoms with van der Waals surface area (Å²) < 4.78 is 6.15. The number of carbonyl (C=O) groups is 1. The van der Waals surface area contributed by atoms with Gasteiger partial charge in [0.25, 0.3) is 5.91 Å². The van der Waals surface area contributed by atoms with E-state index in [0.29, 0.717) is 24.0 Å². The molecule has 3 heterocycles. The molecule has 1 atom stereocenters. The number of hydrogen-bond donors (Lipinski definition) is 3. The molecule has 8 heteroatoms. The van der Waals surface area contributed by atoms with E-state index in [0.717, 1.165) is 60.2 Å². The molecule has 1 aromatic heterocycles. The van der Waals surface area contributed by atoms with Crippen LogP contribution in [0, 0.1) is 6.92 Å². The third-order valence-electron chi connectivity index (χ3n) is 6.76. The van der Waals surface area contributed by atoms with E-state index in [1.54, 1.807) is 13.1 Å². The first kappa shape index (κ1) is 23.0. The Labute approximate surface area is 206 Å². The van der Waals surface area contributed by atoms with E-state index in [-0.39, 0.29) is 5.91 Å². The lowest BCUT2D eigenvalue weighted by atomic mass is 10.1. The summed E-state index contributed by atoms with van der Waals surface area (Å²) in [6.45, 7) is 9.13. The standard InChI is InChI=1S/C27H32N6O2/c1-4-32-11-12-33-20(16-32)17-35-25-13-19(9-10-24(25)33)30-26-14-23(18(2)15-29-26)31-22-8-6-5-7-21(22)27(34)28-3/h5-10,13-15,20H,4,11-12,16-17H2,1-3H3,(H,28,34)(H2,29,30,31). The number of aromatic nitrogens is 1. The predicted molar refractivity (Wildman–Crippen MR) is 141 cm³/mol. The average Bonchev–Trinajstić information content (AvgIpc) is 2.89. The van der Waals surface area contributed by atoms with Crippen molar-refractivity contribution in [3.8, 4) is 5.75 Å². The summed E-state index contributed by atoms with van der Waals surface area (Å²) in [6.07, 6.45) is 1.82. The molecule has 1 amide bonds. The molecule has 2 aliphatic heterocycles. The summed E-state index contributed by atoms with van der Waals surface area (Å²) in [5.41, 5.74) is 5.27. The number of fused-ring (bicyclic) bond motifs is 3. The maximum atomic E-state index is 12.3. The first-order valence-electron chi connectivity index (χ1n) is 12.1. The van der Waals surface area contributed by atoms with E-state index >= 15 is 0 Å². The molecule has 3 aromatic rings. The molecule has 0 spiro atoms. The van der Waals surface area contributed by atoms with E-state index in [9.17, 15) is 4.79 Å². The van der Waals surface area contributed by atoms with Gasteiger partial charge in [-0.05, 0) is 43.3 Å². The zero-order chi connectivity index (χ0) is 24.4. The normalized spacial score (nSPS) is 17.1. The third kappa shape index (κ3) is 4.74. The number of carbonyl (C=O) groups excluding carboxylic acids is 1. The summed E-state index contributed by atoms with van der Waals surface area (Å²) in [4.78, 5) is 21.8. The molecular weight excluding hydrogens is 440 g/mol. The van der Waals surface area contributed by atoms with Crippen molar-refractivity contribution < 1.29 is 9.53 Å². The van der Waals surface area contributed by atoms with Gasteiger partial charge >= 0.3 is 0 Å². The van der Waals surface area contributed by atoms with Gasteiger partial charge in [0.2, 0.25) is 0 Å². The highest BCUT2D eigenvalue weighted by Crippen LogP contribution is 2.38. The minimum absolute atomic E-state index is 0.134. The van der Waals surface area contributed by atoms with Crippen molar-refractivity contribution in [2.45, 2.75) is 19.9 Å². The highest BCUT2D eigenvalue weighted by molar-refractivity contribution is 6.00. The lowest BCUT2D eigenvalue weighted by Crippen LogP contribution is -2.57. The van der Waals surface area contributed by atoms with Crippen LogP contribution >= 0.6 is 0 Å². The van der Waals surface area contributed by atoms with E-state index in [1.165, 1.54) is 0 Å². The average molecular weight is 473 g/mol. The highest BCUT2D eigenvalue weighted by Gasteiger charge is 2.32. The maximum absolute atomic E-state index is 12.3. The van der Waals surface area contributed by atoms with Gasteiger partial charge in [-0.25, -0.2) is 4.98 Å². The van der Waals surface area contributed by atoms with Crippen LogP contribution in [-0.4, -0.2) is 61.7 Å². The van der Waals surface area contributed by atoms with E-state index in [1.807, 2.05) is 43.5 Å². The molecule has 2 aromatic carbocycles. The van der Waals surface area contributed by atoms with Gasteiger partial charge in [-0.15, -0.1) is 0 Å². The summed E-state index contributed by atoms with van der Waals surface area (Å²) in [5, 5.41) is 9.49. The second kappa shape index (κ2) is 9.84. The summed E-state index contributed by atoms with van der Waals surface area (Å²) in [5.74, 6) is 1.48. The first-order valence-corrected chi connectivity index (χ1v) is 12.1. The van der Waals surface area contributed by atoms with Gasteiger partial charge in [0.15, 0.2) is 0 Å². The summed E-state index contributed by atoms with van der Waals surface area (Å²) in [7, 11) is 1.63. The lowest BCUT2D eigenvalue weighted by Gasteiger charge is -2.45. The smallest absolute Gasteiger partial charge is 0.253 e. The van der Waals surface area contributed by atoms with Gasteiger partial charge in [-0.3, -0.25) is 9.69 Å². The predicted octanol–water partition coefficient (Wildman–Crippen LogP) is 4.14. The highest BCUT2D eigenvalue weighted by atomic mass is 16.5. The van der Waals surface area contributed by atoms with E-state index < -0.39 is 0 Å². The topological polar surface area (TPSA) is 81.8 Å². The zero-order valence-electron chi connectivity index (χ0n) is 20.5. The second-order valence-electron chi connectivity index (χ2n) is 8.99. The quantitative estimate of drug-likeness (QED) is 0.497. The van der Waals surface area contributed by atoms with Crippen LogP contribution in [0.3, 0.4) is 0 Å². The zero-order valence-corrected chi connectivity index (χ0v) is 20.5. The fourth-order valence-corrected chi connectivity index (χ4v) is 4.74. The molecule has 0 radical (unpaired) electrons. The molecule has 182 valence electrons. The molecule has 2 aliphatic rings. The molecule has 35 heavy (non-hydrogen) atoms. The Balaban J connectivity index is 1.34. The van der Waals surface area contributed by atoms with E-state index in [2.05, 4.69) is 49.8 Å². The number of ether oxygens (including phenoxy) is 1. The maximum Gasteiger partial charge on any atom is 0.253 e. The van der Waals surface area contributed by atoms with Gasteiger partial charge in [-0.2, -0.15) is 0 Å². The number of nitrogens with zero attached hydrogens (tertiary/aromatic N) is 3. The number of anilines is 5. The Morgan fingerprint density at radius 1 is 1.11 bits per heavy atom. The fraction of sp³-hybridized carbons (Fsp3) is 0.333. The molecule has 0 saturated carbocycles. The van der Waals surface area contributed by atoms with Crippen LogP contribution in [0.5, 0.6) is 5.75 Å². The van der Waals surface area contributed by atoms with Crippen LogP contribution in [0.1, 0.15) is 22.8 Å². The number of pyridine rings is 1. The van der Waals surface area contributed by atoms with Gasteiger partial charge in [-0.1, -0.05) is 19.1 Å². The van der Waals surface area contributed by atoms with Crippen LogP contribution in [0.25, 0.3) is 0 Å². The van der Waals surface area contributed by atoms with Crippen molar-refractivity contribution in [3.05, 3.63) is 65.9 Å². The summed E-state index contributed by atoms with van der Waals surface area (Å²) in [6, 6.07) is 16.1. The van der Waals surface area contributed by atoms with Gasteiger partial charge < -0.3 is 25.6 Å². The minimum Gasteiger partial charge on any atom is -0.489 e. The largest absolute Gasteiger partial charge is 0.489 e. The van der Waals surface area contributed by atoms with Crippen LogP contribution in [0.15, 0.2) is 54.7 Å². The molecule has 0 aliphatic carbocycles. The Morgan fingerprint density at radius 3 is 2.80 bits per heavy atom. The van der Waals surface area contributed by atoms with Crippen molar-refractivity contribution in [1.82, 2.24) is 15.2 Å². The lowest BCUT2D eigenvalue weighted by molar-refractivity contribution is 0.0964. The number of aryl methyl sites for hydroxylation is 1. The Hall–Kier alpha value is -3.78. The molecule has 1 saturated heterocycles. The van der Waals surface area contributed by atoms with Crippen molar-refractivity contribution in [2.75, 3.05) is 55.4 Å². The van der Waals surface area contributed by atoms with E-state index in [4.69, 9.17) is 4.74 Å². The number of likely N-dealkylation sites (N-methyl/N-ethyl adjacent to an activating group) is 1. The Bertz CT molecular complexity index is 1230. The number of benzene rings is 2. The van der Waals surface area contributed by atoms with Crippen LogP contribution in [0.2, 0.25) is 0 Å². The van der Waals surface area contributed by atoms with Gasteiger partial charge in [0.1, 0.15) is 18.2 Å². The fourth-order valence-electron chi connectivity index (χ4n) is 4.74. The second-order valence-corrected chi connectivity index (χ2v) is 8.99. The van der Waals surface area contributed by atoms with Gasteiger partial charge in [0.05, 0.1) is 23.0 Å². The third-order valence-corrected chi connectivity index (χ3v) is 6.76. The number of hydrogen-bond acceptors (Lipinski definition) is 7. The monoisotopic (exact) mass is 472 g/mol. The minimum atomic E-state index is -0.134. The Kier molecular flexibility index (Phi) is 6.46. The first-order chi connectivity index (χ1) is 17.1. The van der Waals surface area contributed by atoms with Gasteiger partial charge in [0, 0.05) is 56.4 Å². The summed E-state index contributed by atoms with van der Waals surface area (Å²) >= 11 is 0. The molecule has 3 N–H and O–H groups in total. The van der Waals surface area contributed by atoms with Crippen LogP contribution < -0.4 is 25.6 Å². The number of amides is 1. The van der Waals surface area contributed by atoms with Crippen molar-refractivity contribution >= 4 is 34.5 Å². The molecule has 8 nitrogen and oxygen atoms in total. The number of rotatable bonds is 6. The van der Waals surface area contributed by atoms with Crippen molar-refractivity contribution in [2.24, 2.45) is 0 Å². The molecular formula is C27H32N6O2. The van der Waals surface area contributed by atoms with Crippen molar-refractivity contribution in [3.63, 3.8) is 0 Å². The molecule has 0 bridgehead atoms.